The zero-order valence-corrected chi connectivity index (χ0v) is 23.0. The van der Waals surface area contributed by atoms with Crippen molar-refractivity contribution in [1.82, 2.24) is 10.2 Å². The summed E-state index contributed by atoms with van der Waals surface area (Å²) in [6, 6.07) is 12.0. The predicted molar refractivity (Wildman–Crippen MR) is 153 cm³/mol. The molecule has 3 amide bonds. The van der Waals surface area contributed by atoms with Crippen molar-refractivity contribution >= 4 is 51.9 Å². The second-order valence-electron chi connectivity index (χ2n) is 10.2. The first kappa shape index (κ1) is 26.4. The lowest BCUT2D eigenvalue weighted by Crippen LogP contribution is -2.44. The third-order valence-corrected chi connectivity index (χ3v) is 8.76. The number of hydrogen-bond donors (Lipinski definition) is 2. The molecule has 0 unspecified atom stereocenters. The monoisotopic (exact) mass is 561 g/mol. The number of para-hydroxylation sites is 1. The van der Waals surface area contributed by atoms with Gasteiger partial charge in [0.05, 0.1) is 17.4 Å². The van der Waals surface area contributed by atoms with Gasteiger partial charge in [0.15, 0.2) is 16.7 Å². The minimum Gasteiger partial charge on any atom is -0.454 e. The lowest BCUT2D eigenvalue weighted by molar-refractivity contribution is -0.129. The number of amidine groups is 2. The van der Waals surface area contributed by atoms with Crippen molar-refractivity contribution < 1.29 is 23.9 Å². The van der Waals surface area contributed by atoms with Gasteiger partial charge >= 0.3 is 0 Å². The van der Waals surface area contributed by atoms with E-state index in [2.05, 4.69) is 10.6 Å². The zero-order valence-electron chi connectivity index (χ0n) is 22.2. The minimum atomic E-state index is -0.835. The molecule has 2 aromatic carbocycles. The maximum absolute atomic E-state index is 13.6. The number of thioether (sulfide) groups is 1. The Labute approximate surface area is 236 Å². The first-order valence-corrected chi connectivity index (χ1v) is 14.6. The third kappa shape index (κ3) is 5.30. The van der Waals surface area contributed by atoms with Gasteiger partial charge in [0.1, 0.15) is 11.9 Å². The molecule has 1 fully saturated rings. The molecule has 3 heterocycles. The molecule has 208 valence electrons. The summed E-state index contributed by atoms with van der Waals surface area (Å²) in [5.41, 5.74) is 1.99. The molecule has 11 heteroatoms. The van der Waals surface area contributed by atoms with Crippen LogP contribution in [0.3, 0.4) is 0 Å². The Hall–Kier alpha value is -3.86. The Balaban J connectivity index is 1.19. The minimum absolute atomic E-state index is 0.0166. The Morgan fingerprint density at radius 2 is 1.90 bits per heavy atom. The van der Waals surface area contributed by atoms with E-state index in [9.17, 15) is 14.4 Å². The van der Waals surface area contributed by atoms with Gasteiger partial charge in [-0.05, 0) is 43.5 Å². The summed E-state index contributed by atoms with van der Waals surface area (Å²) < 4.78 is 10.8. The fourth-order valence-corrected chi connectivity index (χ4v) is 6.39. The Kier molecular flexibility index (Phi) is 7.46. The summed E-state index contributed by atoms with van der Waals surface area (Å²) in [6.07, 6.45) is 5.84. The highest BCUT2D eigenvalue weighted by Crippen LogP contribution is 2.37. The molecule has 0 saturated heterocycles. The molecular formula is C29H31N5O5S. The second-order valence-corrected chi connectivity index (χ2v) is 11.4. The van der Waals surface area contributed by atoms with Crippen LogP contribution in [0, 0.1) is 0 Å². The average molecular weight is 562 g/mol. The molecule has 0 radical (unpaired) electrons. The Morgan fingerprint density at radius 3 is 2.73 bits per heavy atom. The van der Waals surface area contributed by atoms with Crippen molar-refractivity contribution in [1.29, 1.82) is 0 Å². The highest BCUT2D eigenvalue weighted by Gasteiger charge is 2.43. The van der Waals surface area contributed by atoms with E-state index in [1.165, 1.54) is 23.1 Å². The van der Waals surface area contributed by atoms with E-state index in [0.717, 1.165) is 31.2 Å². The van der Waals surface area contributed by atoms with E-state index in [0.29, 0.717) is 40.3 Å². The SMILES string of the molecule is CC[C@@H](SC1=Nc2ccccc2C2=N[C@@H](CC(=O)NC3CCCCC3)C(=O)N12)C(=O)Nc1ccc2c(c1)OCO2. The fourth-order valence-electron chi connectivity index (χ4n) is 5.37. The van der Waals surface area contributed by atoms with Crippen LogP contribution in [-0.4, -0.2) is 57.8 Å². The number of nitrogens with one attached hydrogen (secondary N) is 2. The molecule has 6 rings (SSSR count). The maximum Gasteiger partial charge on any atom is 0.259 e. The molecule has 2 N–H and O–H groups in total. The summed E-state index contributed by atoms with van der Waals surface area (Å²) >= 11 is 1.22. The van der Waals surface area contributed by atoms with Gasteiger partial charge in [-0.3, -0.25) is 19.4 Å². The van der Waals surface area contributed by atoms with Crippen molar-refractivity contribution in [2.45, 2.75) is 69.2 Å². The van der Waals surface area contributed by atoms with E-state index in [4.69, 9.17) is 19.5 Å². The molecule has 0 spiro atoms. The number of ether oxygens (including phenoxy) is 2. The first-order valence-electron chi connectivity index (χ1n) is 13.8. The number of benzene rings is 2. The van der Waals surface area contributed by atoms with Gasteiger partial charge in [-0.15, -0.1) is 0 Å². The normalized spacial score (nSPS) is 20.3. The van der Waals surface area contributed by atoms with Crippen molar-refractivity contribution in [3.05, 3.63) is 48.0 Å². The number of amides is 3. The highest BCUT2D eigenvalue weighted by molar-refractivity contribution is 8.15. The van der Waals surface area contributed by atoms with Crippen LogP contribution in [0.2, 0.25) is 0 Å². The summed E-state index contributed by atoms with van der Waals surface area (Å²) in [6.45, 7) is 2.06. The lowest BCUT2D eigenvalue weighted by Gasteiger charge is -2.27. The largest absolute Gasteiger partial charge is 0.454 e. The molecule has 10 nitrogen and oxygen atoms in total. The van der Waals surface area contributed by atoms with Crippen LogP contribution < -0.4 is 20.1 Å². The zero-order chi connectivity index (χ0) is 27.6. The number of hydrogen-bond acceptors (Lipinski definition) is 8. The second kappa shape index (κ2) is 11.3. The fraction of sp³-hybridized carbons (Fsp3) is 0.414. The van der Waals surface area contributed by atoms with Gasteiger partial charge in [0.2, 0.25) is 18.6 Å². The molecule has 40 heavy (non-hydrogen) atoms. The van der Waals surface area contributed by atoms with Gasteiger partial charge in [0.25, 0.3) is 5.91 Å². The maximum atomic E-state index is 13.6. The van der Waals surface area contributed by atoms with Crippen LogP contribution in [0.4, 0.5) is 11.4 Å². The van der Waals surface area contributed by atoms with E-state index in [-0.39, 0.29) is 37.0 Å². The number of fused-ring (bicyclic) bond motifs is 4. The number of anilines is 1. The van der Waals surface area contributed by atoms with Gasteiger partial charge < -0.3 is 20.1 Å². The number of carbonyl (C=O) groups excluding carboxylic acids is 3. The number of carbonyl (C=O) groups is 3. The first-order chi connectivity index (χ1) is 19.5. The van der Waals surface area contributed by atoms with Crippen molar-refractivity contribution in [2.24, 2.45) is 9.98 Å². The molecule has 0 bridgehead atoms. The number of rotatable bonds is 7. The van der Waals surface area contributed by atoms with E-state index in [1.54, 1.807) is 18.2 Å². The Bertz CT molecular complexity index is 1400. The van der Waals surface area contributed by atoms with Gasteiger partial charge in [-0.25, -0.2) is 9.89 Å². The van der Waals surface area contributed by atoms with E-state index >= 15 is 0 Å². The standard InChI is InChI=1S/C29H31N5O5S/c1-2-24(27(36)31-18-12-13-22-23(14-18)39-16-38-22)40-29-33-20-11-7-6-10-19(20)26-32-21(28(37)34(26)29)15-25(35)30-17-8-4-3-5-9-17/h6-7,10-14,17,21,24H,2-5,8-9,15-16H2,1H3,(H,30,35)(H,31,36)/t21-,24+/m0/s1. The van der Waals surface area contributed by atoms with E-state index < -0.39 is 11.3 Å². The lowest BCUT2D eigenvalue weighted by atomic mass is 9.95. The van der Waals surface area contributed by atoms with Crippen LogP contribution in [-0.2, 0) is 14.4 Å². The molecule has 4 aliphatic rings. The van der Waals surface area contributed by atoms with Gasteiger partial charge in [0, 0.05) is 23.4 Å². The predicted octanol–water partition coefficient (Wildman–Crippen LogP) is 4.36. The van der Waals surface area contributed by atoms with Crippen LogP contribution in [0.1, 0.15) is 57.4 Å². The van der Waals surface area contributed by atoms with Crippen LogP contribution in [0.25, 0.3) is 0 Å². The number of aliphatic imine (C=N–C) groups is 2. The van der Waals surface area contributed by atoms with Crippen molar-refractivity contribution in [2.75, 3.05) is 12.1 Å². The molecule has 3 aliphatic heterocycles. The van der Waals surface area contributed by atoms with Crippen molar-refractivity contribution in [3.8, 4) is 11.5 Å². The Morgan fingerprint density at radius 1 is 1.10 bits per heavy atom. The molecule has 2 aromatic rings. The molecule has 0 aromatic heterocycles. The quantitative estimate of drug-likeness (QED) is 0.518. The average Bonchev–Trinajstić information content (AvgIpc) is 3.56. The summed E-state index contributed by atoms with van der Waals surface area (Å²) in [4.78, 5) is 50.7. The molecule has 1 saturated carbocycles. The third-order valence-electron chi connectivity index (χ3n) is 7.45. The van der Waals surface area contributed by atoms with Gasteiger partial charge in [-0.1, -0.05) is 50.1 Å². The summed E-state index contributed by atoms with van der Waals surface area (Å²) in [5, 5.41) is 5.88. The van der Waals surface area contributed by atoms with E-state index in [1.807, 2.05) is 31.2 Å². The summed E-state index contributed by atoms with van der Waals surface area (Å²) in [5.74, 6) is 0.995. The molecule has 2 atom stereocenters. The van der Waals surface area contributed by atoms with Gasteiger partial charge in [-0.2, -0.15) is 0 Å². The molecular weight excluding hydrogens is 530 g/mol. The topological polar surface area (TPSA) is 122 Å². The van der Waals surface area contributed by atoms with Crippen LogP contribution >= 0.6 is 11.8 Å². The van der Waals surface area contributed by atoms with Crippen LogP contribution in [0.5, 0.6) is 11.5 Å². The smallest absolute Gasteiger partial charge is 0.259 e. The summed E-state index contributed by atoms with van der Waals surface area (Å²) in [7, 11) is 0. The number of nitrogens with zero attached hydrogens (tertiary/aromatic N) is 3. The molecule has 1 aliphatic carbocycles. The van der Waals surface area contributed by atoms with Crippen molar-refractivity contribution in [3.63, 3.8) is 0 Å². The highest BCUT2D eigenvalue weighted by atomic mass is 32.2. The van der Waals surface area contributed by atoms with Crippen LogP contribution in [0.15, 0.2) is 52.4 Å².